The van der Waals surface area contributed by atoms with E-state index in [4.69, 9.17) is 5.14 Å². The zero-order chi connectivity index (χ0) is 9.78. The van der Waals surface area contributed by atoms with E-state index in [9.17, 15) is 0 Å². The number of hydrogen-bond acceptors (Lipinski definition) is 2. The largest absolute Gasteiger partial charge is 0.274 e. The van der Waals surface area contributed by atoms with Crippen molar-refractivity contribution in [2.45, 2.75) is 41.0 Å². The summed E-state index contributed by atoms with van der Waals surface area (Å²) in [6.07, 6.45) is 1.18. The summed E-state index contributed by atoms with van der Waals surface area (Å²) in [6.45, 7) is 11.2. The molecule has 0 aromatic heterocycles. The zero-order valence-corrected chi connectivity index (χ0v) is 9.66. The van der Waals surface area contributed by atoms with E-state index in [2.05, 4.69) is 40.0 Å². The van der Waals surface area contributed by atoms with Crippen LogP contribution >= 0.6 is 11.9 Å². The second-order valence-corrected chi connectivity index (χ2v) is 4.78. The van der Waals surface area contributed by atoms with E-state index in [1.807, 2.05) is 0 Å². The van der Waals surface area contributed by atoms with Crippen LogP contribution in [0.2, 0.25) is 0 Å². The van der Waals surface area contributed by atoms with E-state index < -0.39 is 0 Å². The van der Waals surface area contributed by atoms with Crippen LogP contribution < -0.4 is 5.14 Å². The Balaban J connectivity index is 4.56. The minimum absolute atomic E-state index is 0.252. The molecule has 0 saturated heterocycles. The Kier molecular flexibility index (Phi) is 4.95. The van der Waals surface area contributed by atoms with Gasteiger partial charge in [-0.3, -0.25) is 5.14 Å². The molecule has 0 aliphatic rings. The van der Waals surface area contributed by atoms with Crippen LogP contribution in [0.3, 0.4) is 0 Å². The molecule has 0 heterocycles. The minimum atomic E-state index is 0.252. The molecule has 0 spiro atoms. The van der Waals surface area contributed by atoms with Crippen LogP contribution in [-0.4, -0.2) is 0 Å². The average Bonchev–Trinajstić information content (AvgIpc) is 1.96. The van der Waals surface area contributed by atoms with Gasteiger partial charge in [0.05, 0.1) is 0 Å². The molecule has 0 aromatic carbocycles. The van der Waals surface area contributed by atoms with Gasteiger partial charge in [0.1, 0.15) is 0 Å². The highest BCUT2D eigenvalue weighted by Gasteiger charge is 2.20. The Morgan fingerprint density at radius 3 is 2.25 bits per heavy atom. The molecule has 0 rings (SSSR count). The van der Waals surface area contributed by atoms with E-state index >= 15 is 0 Å². The van der Waals surface area contributed by atoms with Gasteiger partial charge < -0.3 is 0 Å². The Labute approximate surface area is 80.9 Å². The van der Waals surface area contributed by atoms with Gasteiger partial charge in [0.25, 0.3) is 0 Å². The van der Waals surface area contributed by atoms with Crippen molar-refractivity contribution in [1.29, 1.82) is 0 Å². The summed E-state index contributed by atoms with van der Waals surface area (Å²) in [4.78, 5) is 0. The van der Waals surface area contributed by atoms with Crippen LogP contribution in [0, 0.1) is 11.3 Å². The van der Waals surface area contributed by atoms with E-state index in [1.165, 1.54) is 23.9 Å². The van der Waals surface area contributed by atoms with E-state index in [0.717, 1.165) is 0 Å². The first-order chi connectivity index (χ1) is 5.43. The van der Waals surface area contributed by atoms with Crippen molar-refractivity contribution in [2.24, 2.45) is 16.5 Å². The topological polar surface area (TPSA) is 26.0 Å². The van der Waals surface area contributed by atoms with Gasteiger partial charge in [0.2, 0.25) is 0 Å². The van der Waals surface area contributed by atoms with Crippen molar-refractivity contribution in [3.05, 3.63) is 11.0 Å². The molecule has 0 aliphatic heterocycles. The molecule has 0 radical (unpaired) electrons. The lowest BCUT2D eigenvalue weighted by Crippen LogP contribution is -2.15. The molecular formula is C10H21NS. The van der Waals surface area contributed by atoms with Gasteiger partial charge in [-0.2, -0.15) is 0 Å². The van der Waals surface area contributed by atoms with Gasteiger partial charge in [-0.25, -0.2) is 0 Å². The lowest BCUT2D eigenvalue weighted by Gasteiger charge is -2.27. The maximum Gasteiger partial charge on any atom is -0.0138 e. The Hall–Kier alpha value is 0.0500. The Morgan fingerprint density at radius 2 is 2.00 bits per heavy atom. The number of hydrogen-bond donors (Lipinski definition) is 1. The lowest BCUT2D eigenvalue weighted by atomic mass is 9.79. The monoisotopic (exact) mass is 187 g/mol. The van der Waals surface area contributed by atoms with Crippen LogP contribution in [0.25, 0.3) is 0 Å². The summed E-state index contributed by atoms with van der Waals surface area (Å²) in [5.41, 5.74) is 1.71. The molecule has 0 saturated carbocycles. The number of allylic oxidation sites excluding steroid dienone is 1. The van der Waals surface area contributed by atoms with E-state index in [0.29, 0.717) is 5.92 Å². The maximum atomic E-state index is 5.46. The predicted molar refractivity (Wildman–Crippen MR) is 58.8 cm³/mol. The van der Waals surface area contributed by atoms with Crippen LogP contribution in [0.4, 0.5) is 0 Å². The van der Waals surface area contributed by atoms with E-state index in [1.54, 1.807) is 0 Å². The normalized spacial score (nSPS) is 16.3. The van der Waals surface area contributed by atoms with Gasteiger partial charge in [0, 0.05) is 0 Å². The summed E-state index contributed by atoms with van der Waals surface area (Å²) in [6, 6.07) is 0. The molecule has 2 heteroatoms. The highest BCUT2D eigenvalue weighted by molar-refractivity contribution is 8.00. The molecular weight excluding hydrogens is 166 g/mol. The van der Waals surface area contributed by atoms with Crippen molar-refractivity contribution in [2.75, 3.05) is 0 Å². The summed E-state index contributed by atoms with van der Waals surface area (Å²) in [7, 11) is 0. The van der Waals surface area contributed by atoms with Crippen molar-refractivity contribution in [3.8, 4) is 0 Å². The fourth-order valence-corrected chi connectivity index (χ4v) is 2.06. The first-order valence-corrected chi connectivity index (χ1v) is 5.43. The Bertz CT molecular complexity index is 156. The van der Waals surface area contributed by atoms with Gasteiger partial charge in [0.15, 0.2) is 0 Å². The van der Waals surface area contributed by atoms with Crippen molar-refractivity contribution in [1.82, 2.24) is 0 Å². The third-order valence-corrected chi connectivity index (χ3v) is 2.59. The second kappa shape index (κ2) is 4.93. The molecule has 0 aromatic rings. The molecule has 0 bridgehead atoms. The maximum absolute atomic E-state index is 5.46. The van der Waals surface area contributed by atoms with Gasteiger partial charge in [-0.15, -0.1) is 0 Å². The van der Waals surface area contributed by atoms with Crippen molar-refractivity contribution < 1.29 is 0 Å². The number of rotatable bonds is 3. The van der Waals surface area contributed by atoms with Crippen LogP contribution in [-0.2, 0) is 0 Å². The predicted octanol–water partition coefficient (Wildman–Crippen LogP) is 3.57. The van der Waals surface area contributed by atoms with Gasteiger partial charge in [-0.05, 0) is 23.2 Å². The summed E-state index contributed by atoms with van der Waals surface area (Å²) < 4.78 is 0. The van der Waals surface area contributed by atoms with Gasteiger partial charge >= 0.3 is 0 Å². The van der Waals surface area contributed by atoms with Crippen molar-refractivity contribution >= 4 is 11.9 Å². The smallest absolute Gasteiger partial charge is 0.0138 e. The molecule has 0 aliphatic carbocycles. The molecule has 1 nitrogen and oxygen atoms in total. The fourth-order valence-electron chi connectivity index (χ4n) is 1.33. The first kappa shape index (κ1) is 12.0. The Morgan fingerprint density at radius 1 is 1.50 bits per heavy atom. The third kappa shape index (κ3) is 3.63. The van der Waals surface area contributed by atoms with Gasteiger partial charge in [-0.1, -0.05) is 52.1 Å². The third-order valence-electron chi connectivity index (χ3n) is 2.20. The summed E-state index contributed by atoms with van der Waals surface area (Å²) in [5.74, 6) is 0.640. The van der Waals surface area contributed by atoms with Crippen LogP contribution in [0.1, 0.15) is 41.0 Å². The second-order valence-electron chi connectivity index (χ2n) is 4.27. The number of nitrogens with two attached hydrogens (primary N) is 1. The highest BCUT2D eigenvalue weighted by Crippen LogP contribution is 2.33. The van der Waals surface area contributed by atoms with E-state index in [-0.39, 0.29) is 5.41 Å². The zero-order valence-electron chi connectivity index (χ0n) is 8.85. The summed E-state index contributed by atoms with van der Waals surface area (Å²) in [5, 5.41) is 7.55. The fraction of sp³-hybridized carbons (Fsp3) is 0.800. The summed E-state index contributed by atoms with van der Waals surface area (Å²) >= 11 is 1.32. The quantitative estimate of drug-likeness (QED) is 0.684. The highest BCUT2D eigenvalue weighted by atomic mass is 32.2. The van der Waals surface area contributed by atoms with Crippen LogP contribution in [0.5, 0.6) is 0 Å². The van der Waals surface area contributed by atoms with Crippen molar-refractivity contribution in [3.63, 3.8) is 0 Å². The molecule has 2 N–H and O–H groups in total. The molecule has 1 unspecified atom stereocenters. The molecule has 0 amide bonds. The minimum Gasteiger partial charge on any atom is -0.274 e. The van der Waals surface area contributed by atoms with Crippen LogP contribution in [0.15, 0.2) is 11.0 Å². The molecule has 0 fully saturated rings. The lowest BCUT2D eigenvalue weighted by molar-refractivity contribution is 0.430. The molecule has 1 atom stereocenters. The standard InChI is InChI=1S/C10H21NS/c1-6-8(2)9(7-12-11)10(3,4)5/h7-8H,6,11H2,1-5H3/b9-7+. The SMILES string of the molecule is CCC(C)/C(=C\SN)C(C)(C)C. The molecule has 72 valence electrons. The average molecular weight is 187 g/mol. The molecule has 12 heavy (non-hydrogen) atoms. The first-order valence-electron chi connectivity index (χ1n) is 4.49.